The second-order valence-corrected chi connectivity index (χ2v) is 4.39. The van der Waals surface area contributed by atoms with Crippen molar-refractivity contribution < 1.29 is 0 Å². The maximum Gasteiger partial charge on any atom is 0.219 e. The average Bonchev–Trinajstić information content (AvgIpc) is 2.78. The van der Waals surface area contributed by atoms with Crippen molar-refractivity contribution in [3.63, 3.8) is 0 Å². The summed E-state index contributed by atoms with van der Waals surface area (Å²) in [7, 11) is 0. The molecule has 2 N–H and O–H groups in total. The van der Waals surface area contributed by atoms with Crippen molar-refractivity contribution >= 4 is 17.0 Å². The van der Waals surface area contributed by atoms with Gasteiger partial charge in [0, 0.05) is 25.4 Å². The number of rotatable bonds is 3. The number of fused-ring (bicyclic) bond motifs is 1. The fourth-order valence-corrected chi connectivity index (χ4v) is 2.25. The van der Waals surface area contributed by atoms with Crippen molar-refractivity contribution in [2.24, 2.45) is 0 Å². The first kappa shape index (κ1) is 11.6. The summed E-state index contributed by atoms with van der Waals surface area (Å²) < 4.78 is 2.21. The van der Waals surface area contributed by atoms with Gasteiger partial charge >= 0.3 is 0 Å². The van der Waals surface area contributed by atoms with Crippen LogP contribution in [0.3, 0.4) is 0 Å². The summed E-state index contributed by atoms with van der Waals surface area (Å²) in [6, 6.07) is 8.16. The third-order valence-corrected chi connectivity index (χ3v) is 3.14. The molecular weight excluding hydrogens is 238 g/mol. The van der Waals surface area contributed by atoms with Gasteiger partial charge in [0.1, 0.15) is 5.82 Å². The van der Waals surface area contributed by atoms with Gasteiger partial charge in [-0.3, -0.25) is 0 Å². The Kier molecular flexibility index (Phi) is 2.87. The van der Waals surface area contributed by atoms with E-state index < -0.39 is 0 Å². The first-order valence-corrected chi connectivity index (χ1v) is 6.28. The Morgan fingerprint density at radius 2 is 1.89 bits per heavy atom. The molecule has 96 valence electrons. The molecule has 0 atom stereocenters. The molecule has 0 unspecified atom stereocenters. The first-order chi connectivity index (χ1) is 9.28. The Hall–Kier alpha value is -2.43. The molecule has 0 aliphatic carbocycles. The van der Waals surface area contributed by atoms with Crippen molar-refractivity contribution in [2.45, 2.75) is 19.9 Å². The lowest BCUT2D eigenvalue weighted by atomic mass is 10.2. The van der Waals surface area contributed by atoms with Crippen LogP contribution in [-0.4, -0.2) is 19.5 Å². The van der Waals surface area contributed by atoms with Crippen LogP contribution >= 0.6 is 0 Å². The lowest BCUT2D eigenvalue weighted by Crippen LogP contribution is -2.04. The van der Waals surface area contributed by atoms with E-state index >= 15 is 0 Å². The number of nitrogen functional groups attached to an aromatic ring is 1. The van der Waals surface area contributed by atoms with E-state index in [0.29, 0.717) is 12.4 Å². The third kappa shape index (κ3) is 2.14. The zero-order chi connectivity index (χ0) is 13.2. The van der Waals surface area contributed by atoms with E-state index in [1.807, 2.05) is 18.2 Å². The Balaban J connectivity index is 2.02. The van der Waals surface area contributed by atoms with Crippen LogP contribution in [0, 0.1) is 0 Å². The van der Waals surface area contributed by atoms with Crippen molar-refractivity contribution in [1.82, 2.24) is 19.5 Å². The average molecular weight is 253 g/mol. The van der Waals surface area contributed by atoms with Crippen molar-refractivity contribution in [3.8, 4) is 0 Å². The lowest BCUT2D eigenvalue weighted by Gasteiger charge is -2.05. The molecule has 1 aromatic carbocycles. The van der Waals surface area contributed by atoms with E-state index in [1.165, 1.54) is 0 Å². The molecule has 2 aromatic heterocycles. The largest absolute Gasteiger partial charge is 0.368 e. The minimum Gasteiger partial charge on any atom is -0.368 e. The standard InChI is InChI=1S/C14H15N5/c1-2-19-12-6-4-3-5-11(12)18-13(19)7-10-8-16-14(15)17-9-10/h3-6,8-9H,2,7H2,1H3,(H2,15,16,17). The maximum absolute atomic E-state index is 5.49. The first-order valence-electron chi connectivity index (χ1n) is 6.28. The van der Waals surface area contributed by atoms with Gasteiger partial charge in [-0.1, -0.05) is 12.1 Å². The highest BCUT2D eigenvalue weighted by atomic mass is 15.1. The second-order valence-electron chi connectivity index (χ2n) is 4.39. The summed E-state index contributed by atoms with van der Waals surface area (Å²) in [6.07, 6.45) is 4.21. The quantitative estimate of drug-likeness (QED) is 0.775. The smallest absolute Gasteiger partial charge is 0.219 e. The van der Waals surface area contributed by atoms with Gasteiger partial charge in [0.15, 0.2) is 0 Å². The van der Waals surface area contributed by atoms with Crippen LogP contribution in [0.2, 0.25) is 0 Å². The van der Waals surface area contributed by atoms with Crippen molar-refractivity contribution in [3.05, 3.63) is 48.0 Å². The number of aromatic nitrogens is 4. The van der Waals surface area contributed by atoms with Gasteiger partial charge in [-0.05, 0) is 24.6 Å². The molecule has 0 bridgehead atoms. The molecule has 0 aliphatic heterocycles. The minimum atomic E-state index is 0.299. The van der Waals surface area contributed by atoms with Crippen molar-refractivity contribution in [2.75, 3.05) is 5.73 Å². The molecule has 3 rings (SSSR count). The summed E-state index contributed by atoms with van der Waals surface area (Å²) >= 11 is 0. The molecule has 19 heavy (non-hydrogen) atoms. The number of nitrogens with zero attached hydrogens (tertiary/aromatic N) is 4. The van der Waals surface area contributed by atoms with Crippen molar-refractivity contribution in [1.29, 1.82) is 0 Å². The second kappa shape index (κ2) is 4.68. The Morgan fingerprint density at radius 1 is 1.16 bits per heavy atom. The van der Waals surface area contributed by atoms with Crippen LogP contribution in [-0.2, 0) is 13.0 Å². The van der Waals surface area contributed by atoms with Crippen LogP contribution in [0.5, 0.6) is 0 Å². The molecule has 0 saturated carbocycles. The molecule has 0 fully saturated rings. The van der Waals surface area contributed by atoms with E-state index in [1.54, 1.807) is 12.4 Å². The van der Waals surface area contributed by atoms with Gasteiger partial charge in [-0.2, -0.15) is 0 Å². The van der Waals surface area contributed by atoms with E-state index in [4.69, 9.17) is 5.73 Å². The van der Waals surface area contributed by atoms with E-state index in [0.717, 1.165) is 29.0 Å². The van der Waals surface area contributed by atoms with Crippen LogP contribution in [0.1, 0.15) is 18.3 Å². The number of hydrogen-bond acceptors (Lipinski definition) is 4. The highest BCUT2D eigenvalue weighted by molar-refractivity contribution is 5.75. The number of anilines is 1. The minimum absolute atomic E-state index is 0.299. The number of aryl methyl sites for hydroxylation is 1. The number of para-hydroxylation sites is 2. The summed E-state index contributed by atoms with van der Waals surface area (Å²) in [6.45, 7) is 3.02. The zero-order valence-corrected chi connectivity index (χ0v) is 10.7. The summed E-state index contributed by atoms with van der Waals surface area (Å²) in [4.78, 5) is 12.7. The molecular formula is C14H15N5. The normalized spacial score (nSPS) is 11.0. The van der Waals surface area contributed by atoms with Crippen LogP contribution in [0.25, 0.3) is 11.0 Å². The van der Waals surface area contributed by atoms with Gasteiger partial charge in [0.2, 0.25) is 5.95 Å². The fourth-order valence-electron chi connectivity index (χ4n) is 2.25. The third-order valence-electron chi connectivity index (χ3n) is 3.14. The Bertz CT molecular complexity index is 699. The molecule has 5 nitrogen and oxygen atoms in total. The maximum atomic E-state index is 5.49. The van der Waals surface area contributed by atoms with Crippen LogP contribution in [0.4, 0.5) is 5.95 Å². The number of imidazole rings is 1. The predicted octanol–water partition coefficient (Wildman–Crippen LogP) is 2.02. The topological polar surface area (TPSA) is 69.6 Å². The summed E-state index contributed by atoms with van der Waals surface area (Å²) in [5, 5.41) is 0. The van der Waals surface area contributed by atoms with Gasteiger partial charge in [0.05, 0.1) is 11.0 Å². The molecule has 0 amide bonds. The molecule has 0 radical (unpaired) electrons. The predicted molar refractivity (Wildman–Crippen MR) is 74.7 cm³/mol. The molecule has 0 spiro atoms. The highest BCUT2D eigenvalue weighted by Gasteiger charge is 2.09. The molecule has 0 saturated heterocycles. The number of hydrogen-bond donors (Lipinski definition) is 1. The number of nitrogens with two attached hydrogens (primary N) is 1. The molecule has 0 aliphatic rings. The molecule has 5 heteroatoms. The number of benzene rings is 1. The zero-order valence-electron chi connectivity index (χ0n) is 10.7. The summed E-state index contributed by atoms with van der Waals surface area (Å²) in [5.74, 6) is 1.32. The lowest BCUT2D eigenvalue weighted by molar-refractivity contribution is 0.732. The van der Waals surface area contributed by atoms with E-state index in [2.05, 4.69) is 32.5 Å². The van der Waals surface area contributed by atoms with E-state index in [9.17, 15) is 0 Å². The van der Waals surface area contributed by atoms with Gasteiger partial charge in [-0.15, -0.1) is 0 Å². The monoisotopic (exact) mass is 253 g/mol. The van der Waals surface area contributed by atoms with Crippen LogP contribution < -0.4 is 5.73 Å². The fraction of sp³-hybridized carbons (Fsp3) is 0.214. The molecule has 3 aromatic rings. The highest BCUT2D eigenvalue weighted by Crippen LogP contribution is 2.18. The molecule has 2 heterocycles. The van der Waals surface area contributed by atoms with Gasteiger partial charge < -0.3 is 10.3 Å². The Morgan fingerprint density at radius 3 is 2.63 bits per heavy atom. The summed E-state index contributed by atoms with van der Waals surface area (Å²) in [5.41, 5.74) is 8.69. The van der Waals surface area contributed by atoms with Gasteiger partial charge in [0.25, 0.3) is 0 Å². The van der Waals surface area contributed by atoms with Crippen LogP contribution in [0.15, 0.2) is 36.7 Å². The SMILES string of the molecule is CCn1c(Cc2cnc(N)nc2)nc2ccccc21. The van der Waals surface area contributed by atoms with Gasteiger partial charge in [-0.25, -0.2) is 15.0 Å². The van der Waals surface area contributed by atoms with E-state index in [-0.39, 0.29) is 0 Å². The Labute approximate surface area is 111 Å².